The van der Waals surface area contributed by atoms with Crippen LogP contribution in [-0.2, 0) is 22.6 Å². The average molecular weight is 423 g/mol. The number of thiophene rings is 1. The Morgan fingerprint density at radius 1 is 1.23 bits per heavy atom. The minimum Gasteiger partial charge on any atom is -0.346 e. The van der Waals surface area contributed by atoms with Gasteiger partial charge in [0.15, 0.2) is 0 Å². The molecule has 1 aliphatic rings. The van der Waals surface area contributed by atoms with E-state index in [0.717, 1.165) is 30.0 Å². The van der Waals surface area contributed by atoms with Gasteiger partial charge in [0.25, 0.3) is 0 Å². The van der Waals surface area contributed by atoms with Crippen LogP contribution in [-0.4, -0.2) is 33.2 Å². The van der Waals surface area contributed by atoms with E-state index in [0.29, 0.717) is 13.0 Å². The first-order chi connectivity index (χ1) is 14.6. The molecule has 0 fully saturated rings. The van der Waals surface area contributed by atoms with Crippen LogP contribution in [0.25, 0.3) is 11.3 Å². The zero-order valence-corrected chi connectivity index (χ0v) is 17.9. The molecule has 2 N–H and O–H groups in total. The van der Waals surface area contributed by atoms with Gasteiger partial charge in [-0.15, -0.1) is 11.3 Å². The number of rotatable bonds is 7. The number of hydrogen-bond acceptors (Lipinski definition) is 4. The second-order valence-electron chi connectivity index (χ2n) is 7.51. The molecule has 0 bridgehead atoms. The van der Waals surface area contributed by atoms with E-state index in [9.17, 15) is 9.59 Å². The SMILES string of the molecule is CCC(NC(=O)CCC(=O)N1CCc2sccc2C1)c1ncc(-c2ccccc2)[nH]1. The van der Waals surface area contributed by atoms with E-state index >= 15 is 0 Å². The molecule has 30 heavy (non-hydrogen) atoms. The van der Waals surface area contributed by atoms with Gasteiger partial charge in [0.05, 0.1) is 17.9 Å². The Bertz CT molecular complexity index is 1010. The molecule has 0 radical (unpaired) electrons. The van der Waals surface area contributed by atoms with Crippen LogP contribution >= 0.6 is 11.3 Å². The molecule has 0 aliphatic carbocycles. The molecule has 3 heterocycles. The van der Waals surface area contributed by atoms with Gasteiger partial charge in [-0.05, 0) is 35.4 Å². The third-order valence-corrected chi connectivity index (χ3v) is 6.50. The number of benzene rings is 1. The number of carbonyl (C=O) groups excluding carboxylic acids is 2. The molecule has 2 amide bonds. The lowest BCUT2D eigenvalue weighted by Crippen LogP contribution is -2.36. The molecule has 6 nitrogen and oxygen atoms in total. The van der Waals surface area contributed by atoms with Gasteiger partial charge in [-0.1, -0.05) is 37.3 Å². The third kappa shape index (κ3) is 4.62. The first-order valence-corrected chi connectivity index (χ1v) is 11.2. The molecule has 1 unspecified atom stereocenters. The smallest absolute Gasteiger partial charge is 0.223 e. The minimum atomic E-state index is -0.201. The summed E-state index contributed by atoms with van der Waals surface area (Å²) in [4.78, 5) is 36.0. The highest BCUT2D eigenvalue weighted by molar-refractivity contribution is 7.10. The Morgan fingerprint density at radius 2 is 2.07 bits per heavy atom. The maximum Gasteiger partial charge on any atom is 0.223 e. The second-order valence-corrected chi connectivity index (χ2v) is 8.51. The van der Waals surface area contributed by atoms with Gasteiger partial charge < -0.3 is 15.2 Å². The number of H-pyrrole nitrogens is 1. The maximum atomic E-state index is 12.6. The predicted octanol–water partition coefficient (Wildman–Crippen LogP) is 4.07. The molecule has 0 spiro atoms. The average Bonchev–Trinajstić information content (AvgIpc) is 3.45. The van der Waals surface area contributed by atoms with Crippen LogP contribution in [0.5, 0.6) is 0 Å². The van der Waals surface area contributed by atoms with Gasteiger partial charge in [0, 0.05) is 30.8 Å². The molecule has 1 aliphatic heterocycles. The van der Waals surface area contributed by atoms with Crippen molar-refractivity contribution >= 4 is 23.2 Å². The van der Waals surface area contributed by atoms with E-state index in [1.807, 2.05) is 42.2 Å². The molecule has 0 saturated heterocycles. The van der Waals surface area contributed by atoms with Crippen molar-refractivity contribution in [3.05, 3.63) is 64.2 Å². The predicted molar refractivity (Wildman–Crippen MR) is 118 cm³/mol. The molecular weight excluding hydrogens is 396 g/mol. The quantitative estimate of drug-likeness (QED) is 0.602. The van der Waals surface area contributed by atoms with Gasteiger partial charge in [-0.25, -0.2) is 4.98 Å². The Balaban J connectivity index is 1.30. The van der Waals surface area contributed by atoms with Crippen molar-refractivity contribution in [3.8, 4) is 11.3 Å². The highest BCUT2D eigenvalue weighted by atomic mass is 32.1. The molecule has 3 aromatic rings. The first-order valence-electron chi connectivity index (χ1n) is 10.4. The molecule has 0 saturated carbocycles. The highest BCUT2D eigenvalue weighted by Gasteiger charge is 2.22. The molecule has 1 atom stereocenters. The Hall–Kier alpha value is -2.93. The number of aromatic nitrogens is 2. The summed E-state index contributed by atoms with van der Waals surface area (Å²) < 4.78 is 0. The summed E-state index contributed by atoms with van der Waals surface area (Å²) >= 11 is 1.75. The van der Waals surface area contributed by atoms with E-state index in [1.54, 1.807) is 17.5 Å². The topological polar surface area (TPSA) is 78.1 Å². The van der Waals surface area contributed by atoms with E-state index in [1.165, 1.54) is 10.4 Å². The Morgan fingerprint density at radius 3 is 2.87 bits per heavy atom. The Labute approximate surface area is 180 Å². The van der Waals surface area contributed by atoms with Crippen molar-refractivity contribution in [2.45, 2.75) is 45.2 Å². The van der Waals surface area contributed by atoms with Crippen molar-refractivity contribution in [1.29, 1.82) is 0 Å². The monoisotopic (exact) mass is 422 g/mol. The number of amides is 2. The molecule has 4 rings (SSSR count). The fourth-order valence-corrected chi connectivity index (χ4v) is 4.64. The lowest BCUT2D eigenvalue weighted by Gasteiger charge is -2.27. The van der Waals surface area contributed by atoms with Crippen LogP contribution in [0.1, 0.15) is 48.5 Å². The van der Waals surface area contributed by atoms with Crippen molar-refractivity contribution in [1.82, 2.24) is 20.2 Å². The Kier molecular flexibility index (Phi) is 6.28. The second kappa shape index (κ2) is 9.26. The van der Waals surface area contributed by atoms with E-state index in [4.69, 9.17) is 0 Å². The van der Waals surface area contributed by atoms with E-state index < -0.39 is 0 Å². The summed E-state index contributed by atoms with van der Waals surface area (Å²) in [5.41, 5.74) is 3.21. The van der Waals surface area contributed by atoms with Crippen molar-refractivity contribution in [2.24, 2.45) is 0 Å². The zero-order chi connectivity index (χ0) is 20.9. The van der Waals surface area contributed by atoms with Crippen molar-refractivity contribution in [3.63, 3.8) is 0 Å². The summed E-state index contributed by atoms with van der Waals surface area (Å²) in [6.45, 7) is 3.40. The number of fused-ring (bicyclic) bond motifs is 1. The van der Waals surface area contributed by atoms with Crippen LogP contribution in [0, 0.1) is 0 Å². The van der Waals surface area contributed by atoms with Crippen LogP contribution < -0.4 is 5.32 Å². The van der Waals surface area contributed by atoms with E-state index in [2.05, 4.69) is 26.7 Å². The third-order valence-electron chi connectivity index (χ3n) is 5.48. The van der Waals surface area contributed by atoms with Crippen LogP contribution in [0.15, 0.2) is 48.0 Å². The summed E-state index contributed by atoms with van der Waals surface area (Å²) in [6.07, 6.45) is 3.83. The molecular formula is C23H26N4O2S. The largest absolute Gasteiger partial charge is 0.346 e. The number of imidazole rings is 1. The van der Waals surface area contributed by atoms with Crippen LogP contribution in [0.3, 0.4) is 0 Å². The fraction of sp³-hybridized carbons (Fsp3) is 0.348. The summed E-state index contributed by atoms with van der Waals surface area (Å²) in [7, 11) is 0. The summed E-state index contributed by atoms with van der Waals surface area (Å²) in [5, 5.41) is 5.09. The van der Waals surface area contributed by atoms with Crippen molar-refractivity contribution in [2.75, 3.05) is 6.54 Å². The lowest BCUT2D eigenvalue weighted by molar-refractivity contribution is -0.134. The van der Waals surface area contributed by atoms with Crippen molar-refractivity contribution < 1.29 is 9.59 Å². The van der Waals surface area contributed by atoms with Gasteiger partial charge in [0.1, 0.15) is 5.82 Å². The van der Waals surface area contributed by atoms with Crippen LogP contribution in [0.4, 0.5) is 0 Å². The number of nitrogens with zero attached hydrogens (tertiary/aromatic N) is 2. The van der Waals surface area contributed by atoms with E-state index in [-0.39, 0.29) is 30.7 Å². The number of nitrogens with one attached hydrogen (secondary N) is 2. The lowest BCUT2D eigenvalue weighted by atomic mass is 10.1. The van der Waals surface area contributed by atoms with Crippen LogP contribution in [0.2, 0.25) is 0 Å². The number of carbonyl (C=O) groups is 2. The van der Waals surface area contributed by atoms with Gasteiger partial charge in [-0.2, -0.15) is 0 Å². The van der Waals surface area contributed by atoms with Gasteiger partial charge in [0.2, 0.25) is 11.8 Å². The summed E-state index contributed by atoms with van der Waals surface area (Å²) in [6, 6.07) is 11.9. The number of hydrogen-bond donors (Lipinski definition) is 2. The maximum absolute atomic E-state index is 12.6. The standard InChI is InChI=1S/C23H26N4O2S/c1-2-18(23-24-14-19(26-23)16-6-4-3-5-7-16)25-21(28)8-9-22(29)27-12-10-20-17(15-27)11-13-30-20/h3-7,11,13-14,18H,2,8-10,12,15H2,1H3,(H,24,26)(H,25,28). The normalized spacial score (nSPS) is 14.2. The molecule has 2 aromatic heterocycles. The minimum absolute atomic E-state index is 0.0411. The van der Waals surface area contributed by atoms with Gasteiger partial charge >= 0.3 is 0 Å². The molecule has 7 heteroatoms. The van der Waals surface area contributed by atoms with Gasteiger partial charge in [-0.3, -0.25) is 9.59 Å². The molecule has 1 aromatic carbocycles. The first kappa shape index (κ1) is 20.3. The fourth-order valence-electron chi connectivity index (χ4n) is 3.75. The zero-order valence-electron chi connectivity index (χ0n) is 17.1. The molecule has 156 valence electrons. The highest BCUT2D eigenvalue weighted by Crippen LogP contribution is 2.24. The number of aromatic amines is 1. The summed E-state index contributed by atoms with van der Waals surface area (Å²) in [5.74, 6) is 0.651.